The van der Waals surface area contributed by atoms with Gasteiger partial charge in [0.25, 0.3) is 0 Å². The SMILES string of the molecule is CC[C@@H]1CCN(CCOc2ccc(C3Oc4ccc(O)cc4C(C)=C3c3ccc(F)c(F)c3)cc2)C1. The zero-order valence-electron chi connectivity index (χ0n) is 20.6. The molecule has 188 valence electrons. The minimum atomic E-state index is -0.916. The smallest absolute Gasteiger partial charge is 0.159 e. The molecule has 0 amide bonds. The van der Waals surface area contributed by atoms with Crippen LogP contribution in [0.5, 0.6) is 17.2 Å². The maximum Gasteiger partial charge on any atom is 0.159 e. The van der Waals surface area contributed by atoms with E-state index in [2.05, 4.69) is 11.8 Å². The number of ether oxygens (including phenoxy) is 2. The van der Waals surface area contributed by atoms with Crippen molar-refractivity contribution in [1.82, 2.24) is 4.90 Å². The molecule has 1 unspecified atom stereocenters. The van der Waals surface area contributed by atoms with Crippen molar-refractivity contribution in [1.29, 1.82) is 0 Å². The first-order valence-electron chi connectivity index (χ1n) is 12.5. The van der Waals surface area contributed by atoms with Crippen LogP contribution in [0.1, 0.15) is 49.5 Å². The summed E-state index contributed by atoms with van der Waals surface area (Å²) in [6.45, 7) is 7.98. The Kier molecular flexibility index (Phi) is 6.97. The van der Waals surface area contributed by atoms with Crippen LogP contribution in [0.25, 0.3) is 11.1 Å². The second-order valence-electron chi connectivity index (χ2n) is 9.63. The molecule has 3 aromatic rings. The van der Waals surface area contributed by atoms with Crippen LogP contribution in [0, 0.1) is 17.6 Å². The zero-order chi connectivity index (χ0) is 25.2. The molecule has 2 aliphatic heterocycles. The standard InChI is InChI=1S/C30H31F2NO3/c1-3-20-12-13-33(18-20)14-15-35-24-8-4-21(5-9-24)30-29(22-6-10-26(31)27(32)16-22)19(2)25-17-23(34)7-11-28(25)36-30/h4-11,16-17,20,30,34H,3,12-15,18H2,1-2H3/t20-,30?/m1/s1. The highest BCUT2D eigenvalue weighted by atomic mass is 19.2. The Labute approximate surface area is 210 Å². The van der Waals surface area contributed by atoms with Crippen molar-refractivity contribution in [3.63, 3.8) is 0 Å². The van der Waals surface area contributed by atoms with Gasteiger partial charge in [-0.25, -0.2) is 8.78 Å². The van der Waals surface area contributed by atoms with Crippen molar-refractivity contribution in [2.75, 3.05) is 26.2 Å². The van der Waals surface area contributed by atoms with Crippen LogP contribution in [0.2, 0.25) is 0 Å². The molecular weight excluding hydrogens is 460 g/mol. The lowest BCUT2D eigenvalue weighted by Gasteiger charge is -2.31. The molecule has 5 rings (SSSR count). The quantitative estimate of drug-likeness (QED) is 0.393. The van der Waals surface area contributed by atoms with Gasteiger partial charge in [-0.2, -0.15) is 0 Å². The number of allylic oxidation sites excluding steroid dienone is 1. The summed E-state index contributed by atoms with van der Waals surface area (Å²) in [4.78, 5) is 2.45. The molecule has 3 aromatic carbocycles. The average molecular weight is 492 g/mol. The van der Waals surface area contributed by atoms with Crippen molar-refractivity contribution in [2.45, 2.75) is 32.8 Å². The number of aromatic hydroxyl groups is 1. The van der Waals surface area contributed by atoms with Crippen molar-refractivity contribution in [3.8, 4) is 17.2 Å². The molecule has 0 bridgehead atoms. The number of rotatable bonds is 7. The molecule has 1 fully saturated rings. The van der Waals surface area contributed by atoms with Crippen molar-refractivity contribution >= 4 is 11.1 Å². The Hall–Kier alpha value is -3.38. The summed E-state index contributed by atoms with van der Waals surface area (Å²) in [6.07, 6.45) is 1.97. The van der Waals surface area contributed by atoms with Gasteiger partial charge in [0.1, 0.15) is 30.0 Å². The molecule has 1 N–H and O–H groups in total. The van der Waals surface area contributed by atoms with Crippen molar-refractivity contribution in [3.05, 3.63) is 89.0 Å². The molecule has 2 atom stereocenters. The van der Waals surface area contributed by atoms with Gasteiger partial charge < -0.3 is 14.6 Å². The Bertz CT molecular complexity index is 1270. The van der Waals surface area contributed by atoms with Crippen molar-refractivity contribution < 1.29 is 23.4 Å². The summed E-state index contributed by atoms with van der Waals surface area (Å²) in [7, 11) is 0. The van der Waals surface area contributed by atoms with Crippen LogP contribution in [0.15, 0.2) is 60.7 Å². The summed E-state index contributed by atoms with van der Waals surface area (Å²) < 4.78 is 40.2. The lowest BCUT2D eigenvalue weighted by Crippen LogP contribution is -2.26. The fourth-order valence-electron chi connectivity index (χ4n) is 5.19. The topological polar surface area (TPSA) is 41.9 Å². The predicted molar refractivity (Wildman–Crippen MR) is 137 cm³/mol. The summed E-state index contributed by atoms with van der Waals surface area (Å²) in [6, 6.07) is 16.5. The Morgan fingerprint density at radius 1 is 1.03 bits per heavy atom. The van der Waals surface area contributed by atoms with E-state index in [0.717, 1.165) is 59.6 Å². The first-order chi connectivity index (χ1) is 17.4. The Morgan fingerprint density at radius 3 is 2.56 bits per heavy atom. The molecule has 0 aromatic heterocycles. The van der Waals surface area contributed by atoms with E-state index in [1.807, 2.05) is 31.2 Å². The molecule has 2 heterocycles. The molecule has 0 aliphatic carbocycles. The first-order valence-corrected chi connectivity index (χ1v) is 12.5. The highest BCUT2D eigenvalue weighted by Crippen LogP contribution is 2.47. The van der Waals surface area contributed by atoms with Crippen molar-refractivity contribution in [2.24, 2.45) is 5.92 Å². The molecule has 4 nitrogen and oxygen atoms in total. The van der Waals surface area contributed by atoms with E-state index in [9.17, 15) is 13.9 Å². The normalized spacial score (nSPS) is 19.8. The second kappa shape index (κ2) is 10.3. The largest absolute Gasteiger partial charge is 0.508 e. The highest BCUT2D eigenvalue weighted by molar-refractivity contribution is 5.95. The lowest BCUT2D eigenvalue weighted by atomic mass is 9.86. The summed E-state index contributed by atoms with van der Waals surface area (Å²) >= 11 is 0. The van der Waals surface area contributed by atoms with Gasteiger partial charge in [-0.05, 0) is 85.0 Å². The third-order valence-electron chi connectivity index (χ3n) is 7.32. The van der Waals surface area contributed by atoms with Gasteiger partial charge in [0.2, 0.25) is 0 Å². The van der Waals surface area contributed by atoms with E-state index in [-0.39, 0.29) is 5.75 Å². The number of hydrogen-bond donors (Lipinski definition) is 1. The van der Waals surface area contributed by atoms with E-state index in [4.69, 9.17) is 9.47 Å². The summed E-state index contributed by atoms with van der Waals surface area (Å²) in [5.41, 5.74) is 3.67. The molecule has 0 saturated carbocycles. The third-order valence-corrected chi connectivity index (χ3v) is 7.32. The van der Waals surface area contributed by atoms with E-state index < -0.39 is 17.7 Å². The number of likely N-dealkylation sites (tertiary alicyclic amines) is 1. The van der Waals surface area contributed by atoms with Gasteiger partial charge in [-0.15, -0.1) is 0 Å². The molecule has 0 spiro atoms. The van der Waals surface area contributed by atoms with Gasteiger partial charge in [-0.3, -0.25) is 4.90 Å². The maximum absolute atomic E-state index is 14.2. The van der Waals surface area contributed by atoms with Gasteiger partial charge in [0.05, 0.1) is 0 Å². The minimum Gasteiger partial charge on any atom is -0.508 e. The number of halogens is 2. The van der Waals surface area contributed by atoms with Crippen LogP contribution >= 0.6 is 0 Å². The molecule has 6 heteroatoms. The minimum absolute atomic E-state index is 0.112. The third kappa shape index (κ3) is 4.96. The van der Waals surface area contributed by atoms with Gasteiger partial charge >= 0.3 is 0 Å². The number of hydrogen-bond acceptors (Lipinski definition) is 4. The van der Waals surface area contributed by atoms with Crippen LogP contribution in [-0.4, -0.2) is 36.2 Å². The van der Waals surface area contributed by atoms with Crippen LogP contribution in [0.3, 0.4) is 0 Å². The molecular formula is C30H31F2NO3. The Balaban J connectivity index is 1.38. The zero-order valence-corrected chi connectivity index (χ0v) is 20.6. The van der Waals surface area contributed by atoms with Gasteiger partial charge in [0.15, 0.2) is 11.6 Å². The fourth-order valence-corrected chi connectivity index (χ4v) is 5.19. The summed E-state index contributed by atoms with van der Waals surface area (Å²) in [5.74, 6) is 0.498. The average Bonchev–Trinajstić information content (AvgIpc) is 3.35. The first kappa shape index (κ1) is 24.3. The maximum atomic E-state index is 14.2. The van der Waals surface area contributed by atoms with Gasteiger partial charge in [-0.1, -0.05) is 31.5 Å². The van der Waals surface area contributed by atoms with E-state index in [1.165, 1.54) is 18.9 Å². The number of nitrogens with zero attached hydrogens (tertiary/aromatic N) is 1. The lowest BCUT2D eigenvalue weighted by molar-refractivity contribution is 0.232. The second-order valence-corrected chi connectivity index (χ2v) is 9.63. The number of benzene rings is 3. The number of phenols is 1. The summed E-state index contributed by atoms with van der Waals surface area (Å²) in [5, 5.41) is 10.0. The number of fused-ring (bicyclic) bond motifs is 1. The van der Waals surface area contributed by atoms with E-state index in [1.54, 1.807) is 24.3 Å². The molecule has 36 heavy (non-hydrogen) atoms. The van der Waals surface area contributed by atoms with Crippen LogP contribution in [0.4, 0.5) is 8.78 Å². The van der Waals surface area contributed by atoms with E-state index in [0.29, 0.717) is 17.9 Å². The predicted octanol–water partition coefficient (Wildman–Crippen LogP) is 6.85. The number of phenolic OH excluding ortho intramolecular Hbond substituents is 1. The fraction of sp³-hybridized carbons (Fsp3) is 0.333. The molecule has 1 saturated heterocycles. The monoisotopic (exact) mass is 491 g/mol. The van der Waals surface area contributed by atoms with E-state index >= 15 is 0 Å². The molecule has 0 radical (unpaired) electrons. The highest BCUT2D eigenvalue weighted by Gasteiger charge is 2.30. The van der Waals surface area contributed by atoms with Crippen LogP contribution in [-0.2, 0) is 0 Å². The Morgan fingerprint density at radius 2 is 1.83 bits per heavy atom. The van der Waals surface area contributed by atoms with Gasteiger partial charge in [0, 0.05) is 24.2 Å². The molecule has 2 aliphatic rings. The van der Waals surface area contributed by atoms with Crippen LogP contribution < -0.4 is 9.47 Å².